The van der Waals surface area contributed by atoms with Gasteiger partial charge in [0.15, 0.2) is 0 Å². The Hall–Kier alpha value is -1.26. The largest absolute Gasteiger partial charge is 0.493 e. The lowest BCUT2D eigenvalue weighted by atomic mass is 9.80. The van der Waals surface area contributed by atoms with Crippen molar-refractivity contribution in [3.05, 3.63) is 36.4 Å². The molecule has 3 nitrogen and oxygen atoms in total. The summed E-state index contributed by atoms with van der Waals surface area (Å²) in [6, 6.07) is 6.88. The zero-order chi connectivity index (χ0) is 12.1. The monoisotopic (exact) mass is 232 g/mol. The molecule has 17 heavy (non-hydrogen) atoms. The third kappa shape index (κ3) is 3.61. The minimum Gasteiger partial charge on any atom is -0.493 e. The maximum atomic E-state index is 8.96. The molecule has 2 rings (SSSR count). The van der Waals surface area contributed by atoms with Crippen molar-refractivity contribution in [3.63, 3.8) is 0 Å². The molecule has 90 valence electrons. The molecule has 0 aromatic heterocycles. The van der Waals surface area contributed by atoms with Crippen molar-refractivity contribution in [2.75, 3.05) is 6.61 Å². The molecule has 0 amide bonds. The van der Waals surface area contributed by atoms with E-state index in [9.17, 15) is 0 Å². The van der Waals surface area contributed by atoms with Crippen LogP contribution in [0.2, 0.25) is 0 Å². The molecule has 0 fully saturated rings. The summed E-state index contributed by atoms with van der Waals surface area (Å²) in [6.45, 7) is 0.728. The number of benzene rings is 1. The molecule has 2 N–H and O–H groups in total. The minimum absolute atomic E-state index is 0.484. The van der Waals surface area contributed by atoms with Gasteiger partial charge < -0.3 is 14.8 Å². The van der Waals surface area contributed by atoms with Crippen LogP contribution in [0.15, 0.2) is 36.4 Å². The van der Waals surface area contributed by atoms with Gasteiger partial charge in [0.1, 0.15) is 5.75 Å². The van der Waals surface area contributed by atoms with Crippen molar-refractivity contribution in [2.45, 2.75) is 19.3 Å². The predicted octanol–water partition coefficient (Wildman–Crippen LogP) is 1.10. The maximum absolute atomic E-state index is 8.96. The first-order chi connectivity index (χ1) is 8.25. The van der Waals surface area contributed by atoms with Crippen molar-refractivity contribution in [3.8, 4) is 5.75 Å². The van der Waals surface area contributed by atoms with Gasteiger partial charge in [-0.2, -0.15) is 0 Å². The summed E-state index contributed by atoms with van der Waals surface area (Å²) >= 11 is 0. The van der Waals surface area contributed by atoms with Gasteiger partial charge in [0.05, 0.1) is 6.61 Å². The average molecular weight is 232 g/mol. The van der Waals surface area contributed by atoms with Gasteiger partial charge >= 0.3 is 7.12 Å². The van der Waals surface area contributed by atoms with Crippen LogP contribution in [0.5, 0.6) is 5.75 Å². The summed E-state index contributed by atoms with van der Waals surface area (Å²) in [5, 5.41) is 17.9. The molecular formula is C13H17BO3. The summed E-state index contributed by atoms with van der Waals surface area (Å²) in [5.41, 5.74) is 0.484. The summed E-state index contributed by atoms with van der Waals surface area (Å²) in [5.74, 6) is 1.38. The van der Waals surface area contributed by atoms with Gasteiger partial charge in [-0.05, 0) is 42.8 Å². The van der Waals surface area contributed by atoms with Crippen LogP contribution in [0.3, 0.4) is 0 Å². The van der Waals surface area contributed by atoms with Crippen LogP contribution in [0, 0.1) is 5.92 Å². The number of rotatable bonds is 4. The van der Waals surface area contributed by atoms with E-state index in [1.165, 1.54) is 6.42 Å². The van der Waals surface area contributed by atoms with E-state index in [0.29, 0.717) is 11.4 Å². The Morgan fingerprint density at radius 3 is 2.53 bits per heavy atom. The highest BCUT2D eigenvalue weighted by Crippen LogP contribution is 2.19. The first kappa shape index (κ1) is 12.2. The van der Waals surface area contributed by atoms with Crippen LogP contribution in [-0.2, 0) is 0 Å². The van der Waals surface area contributed by atoms with Crippen molar-refractivity contribution in [2.24, 2.45) is 5.92 Å². The van der Waals surface area contributed by atoms with E-state index in [-0.39, 0.29) is 0 Å². The fraction of sp³-hybridized carbons (Fsp3) is 0.385. The van der Waals surface area contributed by atoms with Gasteiger partial charge in [-0.1, -0.05) is 24.3 Å². The molecule has 1 aromatic rings. The highest BCUT2D eigenvalue weighted by Gasteiger charge is 2.12. The third-order valence-corrected chi connectivity index (χ3v) is 3.04. The van der Waals surface area contributed by atoms with Crippen molar-refractivity contribution < 1.29 is 14.8 Å². The summed E-state index contributed by atoms with van der Waals surface area (Å²) in [7, 11) is -1.41. The standard InChI is InChI=1S/C13H17BO3/c15-14(16)12-6-8-13(9-7-12)17-10-11-4-2-1-3-5-11/h1-2,6-9,11,15-16H,3-5,10H2. The van der Waals surface area contributed by atoms with Gasteiger partial charge in [-0.3, -0.25) is 0 Å². The molecule has 0 saturated heterocycles. The maximum Gasteiger partial charge on any atom is 0.488 e. The van der Waals surface area contributed by atoms with Gasteiger partial charge in [-0.25, -0.2) is 0 Å². The summed E-state index contributed by atoms with van der Waals surface area (Å²) in [6.07, 6.45) is 7.84. The quantitative estimate of drug-likeness (QED) is 0.603. The van der Waals surface area contributed by atoms with Crippen LogP contribution in [-0.4, -0.2) is 23.8 Å². The second-order valence-corrected chi connectivity index (χ2v) is 4.40. The number of hydrogen-bond acceptors (Lipinski definition) is 3. The predicted molar refractivity (Wildman–Crippen MR) is 68.2 cm³/mol. The smallest absolute Gasteiger partial charge is 0.488 e. The van der Waals surface area contributed by atoms with Crippen molar-refractivity contribution in [1.82, 2.24) is 0 Å². The van der Waals surface area contributed by atoms with E-state index >= 15 is 0 Å². The Kier molecular flexibility index (Phi) is 4.23. The molecule has 0 bridgehead atoms. The lowest BCUT2D eigenvalue weighted by Gasteiger charge is -2.18. The zero-order valence-electron chi connectivity index (χ0n) is 9.75. The van der Waals surface area contributed by atoms with E-state index in [1.807, 2.05) is 0 Å². The molecule has 1 aliphatic rings. The van der Waals surface area contributed by atoms with E-state index < -0.39 is 7.12 Å². The Balaban J connectivity index is 1.84. The Morgan fingerprint density at radius 2 is 1.94 bits per heavy atom. The lowest BCUT2D eigenvalue weighted by Crippen LogP contribution is -2.29. The Labute approximate surface area is 102 Å². The molecule has 0 heterocycles. The molecule has 1 aliphatic carbocycles. The molecule has 0 saturated carbocycles. The highest BCUT2D eigenvalue weighted by molar-refractivity contribution is 6.58. The molecule has 0 spiro atoms. The lowest BCUT2D eigenvalue weighted by molar-refractivity contribution is 0.239. The van der Waals surface area contributed by atoms with Crippen LogP contribution in [0.25, 0.3) is 0 Å². The molecule has 1 atom stereocenters. The number of hydrogen-bond donors (Lipinski definition) is 2. The van der Waals surface area contributed by atoms with Gasteiger partial charge in [0.25, 0.3) is 0 Å². The topological polar surface area (TPSA) is 49.7 Å². The van der Waals surface area contributed by atoms with Gasteiger partial charge in [0.2, 0.25) is 0 Å². The number of allylic oxidation sites excluding steroid dienone is 2. The summed E-state index contributed by atoms with van der Waals surface area (Å²) in [4.78, 5) is 0. The fourth-order valence-corrected chi connectivity index (χ4v) is 1.96. The van der Waals surface area contributed by atoms with Gasteiger partial charge in [0, 0.05) is 0 Å². The van der Waals surface area contributed by atoms with Crippen LogP contribution in [0.4, 0.5) is 0 Å². The molecule has 1 aromatic carbocycles. The van der Waals surface area contributed by atoms with Gasteiger partial charge in [-0.15, -0.1) is 0 Å². The van der Waals surface area contributed by atoms with E-state index in [0.717, 1.165) is 25.2 Å². The van der Waals surface area contributed by atoms with E-state index in [1.54, 1.807) is 24.3 Å². The SMILES string of the molecule is OB(O)c1ccc(OCC2CC=CCC2)cc1. The normalized spacial score (nSPS) is 19.1. The minimum atomic E-state index is -1.41. The molecule has 0 aliphatic heterocycles. The molecule has 0 radical (unpaired) electrons. The first-order valence-electron chi connectivity index (χ1n) is 5.99. The van der Waals surface area contributed by atoms with Crippen molar-refractivity contribution in [1.29, 1.82) is 0 Å². The van der Waals surface area contributed by atoms with Crippen LogP contribution < -0.4 is 10.2 Å². The van der Waals surface area contributed by atoms with E-state index in [2.05, 4.69) is 12.2 Å². The van der Waals surface area contributed by atoms with E-state index in [4.69, 9.17) is 14.8 Å². The number of ether oxygens (including phenoxy) is 1. The van der Waals surface area contributed by atoms with Crippen molar-refractivity contribution >= 4 is 12.6 Å². The zero-order valence-corrected chi connectivity index (χ0v) is 9.75. The molecule has 1 unspecified atom stereocenters. The van der Waals surface area contributed by atoms with Crippen LogP contribution >= 0.6 is 0 Å². The fourth-order valence-electron chi connectivity index (χ4n) is 1.96. The van der Waals surface area contributed by atoms with Crippen LogP contribution in [0.1, 0.15) is 19.3 Å². The first-order valence-corrected chi connectivity index (χ1v) is 5.99. The second kappa shape index (κ2) is 5.89. The third-order valence-electron chi connectivity index (χ3n) is 3.04. The molecule has 4 heteroatoms. The highest BCUT2D eigenvalue weighted by atomic mass is 16.5. The average Bonchev–Trinajstić information content (AvgIpc) is 2.38. The molecular weight excluding hydrogens is 215 g/mol. The Bertz CT molecular complexity index is 373. The second-order valence-electron chi connectivity index (χ2n) is 4.40. The summed E-state index contributed by atoms with van der Waals surface area (Å²) < 4.78 is 5.68. The Morgan fingerprint density at radius 1 is 1.18 bits per heavy atom.